The third kappa shape index (κ3) is 6.21. The van der Waals surface area contributed by atoms with E-state index in [-0.39, 0.29) is 5.78 Å². The van der Waals surface area contributed by atoms with Crippen molar-refractivity contribution in [2.45, 2.75) is 47.5 Å². The van der Waals surface area contributed by atoms with Crippen molar-refractivity contribution in [3.05, 3.63) is 28.2 Å². The summed E-state index contributed by atoms with van der Waals surface area (Å²) in [7, 11) is 0. The van der Waals surface area contributed by atoms with Crippen molar-refractivity contribution >= 4 is 27.4 Å². The molecule has 0 saturated heterocycles. The van der Waals surface area contributed by atoms with E-state index in [1.807, 2.05) is 6.07 Å². The van der Waals surface area contributed by atoms with E-state index in [1.165, 1.54) is 18.5 Å². The largest absolute Gasteiger partial charge is 0.371 e. The molecule has 0 aliphatic rings. The molecule has 0 spiro atoms. The maximum absolute atomic E-state index is 11.5. The molecule has 0 fully saturated rings. The highest BCUT2D eigenvalue weighted by atomic mass is 79.9. The molecule has 2 nitrogen and oxygen atoms in total. The highest BCUT2D eigenvalue weighted by Crippen LogP contribution is 2.25. The monoisotopic (exact) mass is 353 g/mol. The number of carbonyl (C=O) groups excluding carboxylic acids is 1. The minimum Gasteiger partial charge on any atom is -0.371 e. The van der Waals surface area contributed by atoms with Crippen molar-refractivity contribution in [1.29, 1.82) is 0 Å². The van der Waals surface area contributed by atoms with Gasteiger partial charge in [0.25, 0.3) is 0 Å². The topological polar surface area (TPSA) is 20.3 Å². The van der Waals surface area contributed by atoms with Gasteiger partial charge in [0.05, 0.1) is 0 Å². The van der Waals surface area contributed by atoms with E-state index in [4.69, 9.17) is 0 Å². The predicted molar refractivity (Wildman–Crippen MR) is 95.3 cm³/mol. The second kappa shape index (κ2) is 8.57. The Morgan fingerprint density at radius 3 is 2.00 bits per heavy atom. The normalized spacial score (nSPS) is 11.2. The Kier molecular flexibility index (Phi) is 7.44. The second-order valence-corrected chi connectivity index (χ2v) is 7.43. The molecule has 0 amide bonds. The fraction of sp³-hybridized carbons (Fsp3) is 0.611. The van der Waals surface area contributed by atoms with E-state index in [9.17, 15) is 4.79 Å². The van der Waals surface area contributed by atoms with Crippen molar-refractivity contribution in [2.24, 2.45) is 11.8 Å². The first kappa shape index (κ1) is 18.2. The molecule has 0 aliphatic carbocycles. The van der Waals surface area contributed by atoms with Gasteiger partial charge >= 0.3 is 0 Å². The zero-order valence-electron chi connectivity index (χ0n) is 13.9. The number of anilines is 1. The van der Waals surface area contributed by atoms with E-state index in [0.29, 0.717) is 11.8 Å². The van der Waals surface area contributed by atoms with Crippen LogP contribution in [0.25, 0.3) is 0 Å². The summed E-state index contributed by atoms with van der Waals surface area (Å²) in [6.45, 7) is 12.8. The number of hydrogen-bond acceptors (Lipinski definition) is 2. The van der Waals surface area contributed by atoms with E-state index < -0.39 is 0 Å². The molecule has 0 aromatic heterocycles. The molecular formula is C18H28BrNO. The van der Waals surface area contributed by atoms with Crippen LogP contribution in [0.2, 0.25) is 0 Å². The Labute approximate surface area is 138 Å². The Balaban J connectivity index is 2.90. The molecule has 0 radical (unpaired) electrons. The lowest BCUT2D eigenvalue weighted by Gasteiger charge is -2.27. The molecule has 118 valence electrons. The first-order chi connectivity index (χ1) is 9.81. The van der Waals surface area contributed by atoms with Crippen molar-refractivity contribution in [1.82, 2.24) is 0 Å². The van der Waals surface area contributed by atoms with Crippen LogP contribution in [0.15, 0.2) is 22.7 Å². The van der Waals surface area contributed by atoms with E-state index in [0.717, 1.165) is 23.1 Å². The minimum absolute atomic E-state index is 0.101. The molecule has 3 heteroatoms. The smallest absolute Gasteiger partial charge is 0.160 e. The lowest BCUT2D eigenvalue weighted by Crippen LogP contribution is -2.27. The van der Waals surface area contributed by atoms with E-state index in [2.05, 4.69) is 60.7 Å². The molecule has 0 heterocycles. The number of halogens is 1. The molecule has 1 rings (SSSR count). The summed E-state index contributed by atoms with van der Waals surface area (Å²) >= 11 is 3.53. The van der Waals surface area contributed by atoms with Gasteiger partial charge in [-0.3, -0.25) is 4.79 Å². The summed E-state index contributed by atoms with van der Waals surface area (Å²) < 4.78 is 0.895. The minimum atomic E-state index is 0.101. The maximum Gasteiger partial charge on any atom is 0.160 e. The predicted octanol–water partition coefficient (Wildman–Crippen LogP) is 5.55. The van der Waals surface area contributed by atoms with Crippen LogP contribution in [0.1, 0.15) is 57.8 Å². The van der Waals surface area contributed by atoms with Gasteiger partial charge < -0.3 is 4.90 Å². The summed E-state index contributed by atoms with van der Waals surface area (Å²) in [5.41, 5.74) is 1.96. The van der Waals surface area contributed by atoms with Gasteiger partial charge in [0.1, 0.15) is 0 Å². The van der Waals surface area contributed by atoms with Gasteiger partial charge in [0.15, 0.2) is 5.78 Å². The van der Waals surface area contributed by atoms with Crippen LogP contribution >= 0.6 is 15.9 Å². The van der Waals surface area contributed by atoms with Crippen LogP contribution in [0.5, 0.6) is 0 Å². The summed E-state index contributed by atoms with van der Waals surface area (Å²) in [6.07, 6.45) is 2.37. The second-order valence-electron chi connectivity index (χ2n) is 6.57. The zero-order valence-corrected chi connectivity index (χ0v) is 15.5. The van der Waals surface area contributed by atoms with Gasteiger partial charge in [-0.1, -0.05) is 27.7 Å². The number of ketones is 1. The van der Waals surface area contributed by atoms with E-state index >= 15 is 0 Å². The standard InChI is InChI=1S/C18H28BrNO/c1-13(2)8-10-20(11-9-14(3)4)16-6-7-17(15(5)21)18(19)12-16/h6-7,12-14H,8-11H2,1-5H3. The third-order valence-electron chi connectivity index (χ3n) is 3.65. The molecule has 1 aromatic rings. The molecule has 0 bridgehead atoms. The molecule has 0 N–H and O–H groups in total. The first-order valence-corrected chi connectivity index (χ1v) is 8.66. The Hall–Kier alpha value is -0.830. The number of rotatable bonds is 8. The van der Waals surface area contributed by atoms with Crippen molar-refractivity contribution in [3.63, 3.8) is 0 Å². The highest BCUT2D eigenvalue weighted by molar-refractivity contribution is 9.10. The van der Waals surface area contributed by atoms with Crippen LogP contribution < -0.4 is 4.90 Å². The fourth-order valence-corrected chi connectivity index (χ4v) is 2.83. The van der Waals surface area contributed by atoms with Gasteiger partial charge in [-0.25, -0.2) is 0 Å². The quantitative estimate of drug-likeness (QED) is 0.571. The Morgan fingerprint density at radius 1 is 1.10 bits per heavy atom. The number of carbonyl (C=O) groups is 1. The van der Waals surface area contributed by atoms with Gasteiger partial charge in [-0.05, 0) is 65.7 Å². The molecule has 1 aromatic carbocycles. The summed E-state index contributed by atoms with van der Waals surface area (Å²) in [4.78, 5) is 14.0. The maximum atomic E-state index is 11.5. The fourth-order valence-electron chi connectivity index (χ4n) is 2.18. The van der Waals surface area contributed by atoms with Crippen molar-refractivity contribution < 1.29 is 4.79 Å². The summed E-state index contributed by atoms with van der Waals surface area (Å²) in [5, 5.41) is 0. The van der Waals surface area contributed by atoms with Crippen LogP contribution in [0, 0.1) is 11.8 Å². The van der Waals surface area contributed by atoms with Gasteiger partial charge in [-0.2, -0.15) is 0 Å². The Morgan fingerprint density at radius 2 is 1.62 bits per heavy atom. The van der Waals surface area contributed by atoms with Crippen LogP contribution in [0.4, 0.5) is 5.69 Å². The van der Waals surface area contributed by atoms with E-state index in [1.54, 1.807) is 6.92 Å². The zero-order chi connectivity index (χ0) is 16.0. The molecule has 0 unspecified atom stereocenters. The van der Waals surface area contributed by atoms with Crippen LogP contribution in [0.3, 0.4) is 0 Å². The van der Waals surface area contributed by atoms with Gasteiger partial charge in [0.2, 0.25) is 0 Å². The van der Waals surface area contributed by atoms with Crippen LogP contribution in [-0.4, -0.2) is 18.9 Å². The SMILES string of the molecule is CC(=O)c1ccc(N(CCC(C)C)CCC(C)C)cc1Br. The highest BCUT2D eigenvalue weighted by Gasteiger charge is 2.12. The third-order valence-corrected chi connectivity index (χ3v) is 4.31. The first-order valence-electron chi connectivity index (χ1n) is 7.86. The number of hydrogen-bond donors (Lipinski definition) is 0. The lowest BCUT2D eigenvalue weighted by molar-refractivity contribution is 0.101. The average molecular weight is 354 g/mol. The molecule has 0 atom stereocenters. The lowest BCUT2D eigenvalue weighted by atomic mass is 10.1. The molecule has 0 aliphatic heterocycles. The number of nitrogens with zero attached hydrogens (tertiary/aromatic N) is 1. The van der Waals surface area contributed by atoms with Crippen LogP contribution in [-0.2, 0) is 0 Å². The number of Topliss-reactive ketones (excluding diaryl/α,β-unsaturated/α-hetero) is 1. The summed E-state index contributed by atoms with van der Waals surface area (Å²) in [5.74, 6) is 1.50. The summed E-state index contributed by atoms with van der Waals surface area (Å²) in [6, 6.07) is 6.08. The van der Waals surface area contributed by atoms with Gasteiger partial charge in [-0.15, -0.1) is 0 Å². The van der Waals surface area contributed by atoms with Gasteiger partial charge in [0, 0.05) is 28.8 Å². The molecular weight excluding hydrogens is 326 g/mol. The average Bonchev–Trinajstić information content (AvgIpc) is 2.37. The Bertz CT molecular complexity index is 456. The molecule has 21 heavy (non-hydrogen) atoms. The number of benzene rings is 1. The van der Waals surface area contributed by atoms with Crippen molar-refractivity contribution in [2.75, 3.05) is 18.0 Å². The molecule has 0 saturated carbocycles. The van der Waals surface area contributed by atoms with Crippen molar-refractivity contribution in [3.8, 4) is 0 Å².